The van der Waals surface area contributed by atoms with Crippen LogP contribution in [0, 0.1) is 54.8 Å². The van der Waals surface area contributed by atoms with Gasteiger partial charge in [-0.2, -0.15) is 0 Å². The number of aryl methyl sites for hydroxylation is 5. The van der Waals surface area contributed by atoms with Crippen LogP contribution in [-0.2, 0) is 4.79 Å². The quantitative estimate of drug-likeness (QED) is 0.120. The van der Waals surface area contributed by atoms with Crippen molar-refractivity contribution in [2.75, 3.05) is 26.2 Å². The first-order chi connectivity index (χ1) is 30.2. The van der Waals surface area contributed by atoms with Gasteiger partial charge < -0.3 is 35.8 Å². The van der Waals surface area contributed by atoms with Crippen molar-refractivity contribution >= 4 is 47.0 Å². The van der Waals surface area contributed by atoms with Gasteiger partial charge in [-0.15, -0.1) is 0 Å². The van der Waals surface area contributed by atoms with Crippen molar-refractivity contribution < 1.29 is 44.3 Å². The van der Waals surface area contributed by atoms with Crippen molar-refractivity contribution in [1.82, 2.24) is 20.4 Å². The zero-order chi connectivity index (χ0) is 47.4. The van der Waals surface area contributed by atoms with E-state index < -0.39 is 21.8 Å². The Kier molecular flexibility index (Phi) is 19.7. The summed E-state index contributed by atoms with van der Waals surface area (Å²) in [6, 6.07) is 9.83. The van der Waals surface area contributed by atoms with Gasteiger partial charge in [-0.1, -0.05) is 7.43 Å². The van der Waals surface area contributed by atoms with Crippen LogP contribution >= 0.6 is 0 Å². The topological polar surface area (TPSA) is 258 Å². The lowest BCUT2D eigenvalue weighted by molar-refractivity contribution is -0.385. The summed E-state index contributed by atoms with van der Waals surface area (Å²) < 4.78 is 0. The molecule has 0 radical (unpaired) electrons. The lowest BCUT2D eigenvalue weighted by atomic mass is 10.0. The number of phenolic OH excluding ortho intramolecular Hbond substituents is 1. The van der Waals surface area contributed by atoms with Crippen LogP contribution in [0.1, 0.15) is 132 Å². The first-order valence-corrected chi connectivity index (χ1v) is 21.7. The lowest BCUT2D eigenvalue weighted by Crippen LogP contribution is -2.35. The van der Waals surface area contributed by atoms with Crippen molar-refractivity contribution in [3.05, 3.63) is 101 Å². The highest BCUT2D eigenvalue weighted by Gasteiger charge is 2.33. The van der Waals surface area contributed by atoms with Crippen LogP contribution < -0.4 is 10.6 Å². The number of nitrogens with one attached hydrogen (secondary N) is 2. The number of nitrogens with zero attached hydrogens (tertiary/aromatic N) is 5. The molecule has 4 saturated heterocycles. The number of phenols is 1. The van der Waals surface area contributed by atoms with Gasteiger partial charge in [-0.25, -0.2) is 4.79 Å². The van der Waals surface area contributed by atoms with Crippen LogP contribution in [0.25, 0.3) is 0 Å². The predicted octanol–water partition coefficient (Wildman–Crippen LogP) is 7.98. The Balaban J connectivity index is 0.000000226. The van der Waals surface area contributed by atoms with Crippen molar-refractivity contribution in [3.8, 4) is 5.75 Å². The van der Waals surface area contributed by atoms with E-state index in [0.717, 1.165) is 74.3 Å². The summed E-state index contributed by atoms with van der Waals surface area (Å²) in [5, 5.41) is 54.6. The summed E-state index contributed by atoms with van der Waals surface area (Å²) in [6.07, 6.45) is 10.3. The Morgan fingerprint density at radius 2 is 1.28 bits per heavy atom. The highest BCUT2D eigenvalue weighted by molar-refractivity contribution is 6.03. The van der Waals surface area contributed by atoms with Crippen LogP contribution in [-0.4, -0.2) is 115 Å². The molecule has 0 unspecified atom stereocenters. The molecule has 5 aliphatic heterocycles. The molecule has 4 atom stereocenters. The van der Waals surface area contributed by atoms with E-state index in [2.05, 4.69) is 22.5 Å². The van der Waals surface area contributed by atoms with Crippen LogP contribution in [0.5, 0.6) is 5.75 Å². The maximum atomic E-state index is 12.5. The summed E-state index contributed by atoms with van der Waals surface area (Å²) in [5.41, 5.74) is 4.55. The zero-order valence-corrected chi connectivity index (χ0v) is 37.7. The first kappa shape index (κ1) is 53.1. The fourth-order valence-corrected chi connectivity index (χ4v) is 7.87. The lowest BCUT2D eigenvalue weighted by Gasteiger charge is -2.21. The second-order valence-electron chi connectivity index (χ2n) is 16.8. The average molecular weight is 904 g/mol. The van der Waals surface area contributed by atoms with E-state index in [-0.39, 0.29) is 65.6 Å². The van der Waals surface area contributed by atoms with Gasteiger partial charge in [0, 0.05) is 49.6 Å². The Morgan fingerprint density at radius 3 is 1.74 bits per heavy atom. The molecule has 3 aromatic rings. The number of carboxylic acids is 2. The number of rotatable bonds is 5. The van der Waals surface area contributed by atoms with Gasteiger partial charge in [-0.3, -0.25) is 39.6 Å². The Morgan fingerprint density at radius 1 is 0.723 bits per heavy atom. The second kappa shape index (κ2) is 24.1. The summed E-state index contributed by atoms with van der Waals surface area (Å²) >= 11 is 0. The maximum absolute atomic E-state index is 12.5. The van der Waals surface area contributed by atoms with Gasteiger partial charge in [0.25, 0.3) is 23.2 Å². The molecule has 5 N–H and O–H groups in total. The van der Waals surface area contributed by atoms with Gasteiger partial charge in [0.1, 0.15) is 22.9 Å². The molecule has 5 aliphatic rings. The second-order valence-corrected chi connectivity index (χ2v) is 16.8. The molecule has 18 heteroatoms. The van der Waals surface area contributed by atoms with Crippen LogP contribution in [0.2, 0.25) is 0 Å². The number of likely N-dealkylation sites (tertiary alicyclic amines) is 1. The van der Waals surface area contributed by atoms with Crippen LogP contribution in [0.15, 0.2) is 41.4 Å². The van der Waals surface area contributed by atoms with Gasteiger partial charge in [0.15, 0.2) is 0 Å². The molecule has 8 rings (SSSR count). The molecule has 0 aliphatic carbocycles. The number of aromatic hydroxyl groups is 1. The number of hydrogen-bond acceptors (Lipinski definition) is 12. The number of fused-ring (bicyclic) bond motifs is 2. The molecular weight excluding hydrogens is 839 g/mol. The Labute approximate surface area is 380 Å². The minimum atomic E-state index is -1.28. The van der Waals surface area contributed by atoms with E-state index in [0.29, 0.717) is 28.9 Å². The Bertz CT molecular complexity index is 2210. The molecule has 0 spiro atoms. The van der Waals surface area contributed by atoms with Crippen molar-refractivity contribution in [2.45, 2.75) is 131 Å². The monoisotopic (exact) mass is 903 g/mol. The largest absolute Gasteiger partial charge is 0.508 e. The molecule has 18 nitrogen and oxygen atoms in total. The highest BCUT2D eigenvalue weighted by Crippen LogP contribution is 2.33. The molecule has 354 valence electrons. The predicted molar refractivity (Wildman–Crippen MR) is 249 cm³/mol. The molecule has 5 heterocycles. The van der Waals surface area contributed by atoms with Gasteiger partial charge in [0.05, 0.1) is 27.1 Å². The minimum absolute atomic E-state index is 0. The van der Waals surface area contributed by atoms with E-state index in [4.69, 9.17) is 10.2 Å². The molecule has 0 saturated carbocycles. The van der Waals surface area contributed by atoms with E-state index in [9.17, 15) is 44.5 Å². The third-order valence-electron chi connectivity index (χ3n) is 12.0. The first-order valence-electron chi connectivity index (χ1n) is 21.7. The number of amides is 2. The summed E-state index contributed by atoms with van der Waals surface area (Å²) in [5.74, 6) is -2.00. The minimum Gasteiger partial charge on any atom is -0.508 e. The van der Waals surface area contributed by atoms with Crippen molar-refractivity contribution in [3.63, 3.8) is 0 Å². The van der Waals surface area contributed by atoms with Gasteiger partial charge >= 0.3 is 11.9 Å². The average Bonchev–Trinajstić information content (AvgIpc) is 4.09. The molecule has 4 fully saturated rings. The third kappa shape index (κ3) is 14.1. The van der Waals surface area contributed by atoms with E-state index >= 15 is 0 Å². The smallest absolute Gasteiger partial charge is 0.342 e. The number of benzene rings is 3. The molecule has 2 amide bonds. The number of carboxylic acid groups (broad SMARTS) is 2. The molecule has 0 bridgehead atoms. The van der Waals surface area contributed by atoms with E-state index in [1.807, 2.05) is 31.9 Å². The van der Waals surface area contributed by atoms with Crippen molar-refractivity contribution in [1.29, 1.82) is 0 Å². The van der Waals surface area contributed by atoms with Gasteiger partial charge in [-0.05, 0) is 159 Å². The van der Waals surface area contributed by atoms with E-state index in [1.165, 1.54) is 37.6 Å². The number of nitro benzene ring substituents is 2. The van der Waals surface area contributed by atoms with E-state index in [1.54, 1.807) is 43.9 Å². The summed E-state index contributed by atoms with van der Waals surface area (Å²) in [4.78, 5) is 74.1. The SMILES string of the molecule is C.C[C@@H]1CCCN1.Cc1cc(C(=O)N2CCC[C@H]2C)c([N+](=O)[O-])cc1C.Cc1cc(C(=O)O)c([N+](=O)[O-])cc1C.Cc1cc2c(cc1O)N=C[C@@H]1CCCN1C2=O.O=C(O)[C@@H]1CCCN1. The highest BCUT2D eigenvalue weighted by atomic mass is 16.6. The van der Waals surface area contributed by atoms with Crippen molar-refractivity contribution in [2.24, 2.45) is 4.99 Å². The maximum Gasteiger partial charge on any atom is 0.342 e. The number of carbonyl (C=O) groups is 4. The number of carbonyl (C=O) groups excluding carboxylic acids is 2. The van der Waals surface area contributed by atoms with Gasteiger partial charge in [0.2, 0.25) is 0 Å². The third-order valence-corrected chi connectivity index (χ3v) is 12.0. The standard InChI is InChI=1S/C14H18N2O3.C13H14N2O2.C9H9NO4.C5H9NO2.C5H11N.CH4/c1-9-7-12(13(16(18)19)8-10(9)2)14(17)15-6-4-5-11(15)3;1-8-5-10-11(6-12(8)16)14-7-9-3-2-4-15(9)13(10)17;1-5-3-7(9(11)12)8(10(13)14)4-6(5)2;7-5(8)4-2-1-3-6-4;1-5-3-2-4-6-5;/h7-8,11H,4-6H2,1-3H3;5-7,9,16H,2-4H2,1H3;3-4H,1-2H3,(H,11,12);4,6H,1-3H2,(H,7,8);5-6H,2-4H2,1H3;1H4/t11-;9-;;4-;5-;/m10.01./s1. The number of aliphatic carboxylic acids is 1. The number of hydrogen-bond donors (Lipinski definition) is 5. The normalized spacial score (nSPS) is 20.1. The number of aromatic carboxylic acids is 1. The zero-order valence-electron chi connectivity index (χ0n) is 37.7. The Hall–Kier alpha value is -6.27. The number of nitro groups is 2. The fourth-order valence-electron chi connectivity index (χ4n) is 7.87. The molecule has 65 heavy (non-hydrogen) atoms. The van der Waals surface area contributed by atoms with Crippen LogP contribution in [0.4, 0.5) is 17.1 Å². The number of aliphatic imine (C=N–C) groups is 1. The summed E-state index contributed by atoms with van der Waals surface area (Å²) in [7, 11) is 0. The molecular formula is C47H65N7O11. The molecule has 3 aromatic carbocycles. The summed E-state index contributed by atoms with van der Waals surface area (Å²) in [6.45, 7) is 16.7. The fraction of sp³-hybridized carbons (Fsp3) is 0.511. The molecule has 0 aromatic heterocycles. The van der Waals surface area contributed by atoms with Crippen LogP contribution in [0.3, 0.4) is 0 Å².